The van der Waals surface area contributed by atoms with Crippen molar-refractivity contribution in [3.63, 3.8) is 0 Å². The summed E-state index contributed by atoms with van der Waals surface area (Å²) in [6.07, 6.45) is 0.633. The Labute approximate surface area is 144 Å². The number of ether oxygens (including phenoxy) is 1. The minimum absolute atomic E-state index is 0.416. The smallest absolute Gasteiger partial charge is 0.274 e. The predicted molar refractivity (Wildman–Crippen MR) is 94.7 cm³/mol. The van der Waals surface area contributed by atoms with Crippen LogP contribution < -0.4 is 15.5 Å². The molecule has 1 aliphatic heterocycles. The number of hydroxylamine groups is 1. The molecular formula is C20H16N2O3. The molecule has 3 aromatic rings. The lowest BCUT2D eigenvalue weighted by atomic mass is 10.00. The summed E-state index contributed by atoms with van der Waals surface area (Å²) in [6.45, 7) is 0. The van der Waals surface area contributed by atoms with Gasteiger partial charge in [-0.15, -0.1) is 0 Å². The maximum atomic E-state index is 11.6. The van der Waals surface area contributed by atoms with Gasteiger partial charge >= 0.3 is 0 Å². The van der Waals surface area contributed by atoms with E-state index in [1.807, 2.05) is 48.5 Å². The summed E-state index contributed by atoms with van der Waals surface area (Å²) in [5.74, 6) is 1.06. The molecule has 0 saturated heterocycles. The molecule has 0 bridgehead atoms. The maximum Gasteiger partial charge on any atom is 0.274 e. The summed E-state index contributed by atoms with van der Waals surface area (Å²) < 4.78 is 5.98. The van der Waals surface area contributed by atoms with E-state index in [1.54, 1.807) is 23.7 Å². The number of hydrogen-bond acceptors (Lipinski definition) is 4. The highest BCUT2D eigenvalue weighted by Gasteiger charge is 2.18. The van der Waals surface area contributed by atoms with Crippen LogP contribution in [-0.2, 0) is 6.42 Å². The number of para-hydroxylation sites is 3. The van der Waals surface area contributed by atoms with Gasteiger partial charge in [0.2, 0.25) is 0 Å². The Morgan fingerprint density at radius 1 is 1.00 bits per heavy atom. The third-order valence-corrected chi connectivity index (χ3v) is 4.16. The van der Waals surface area contributed by atoms with Crippen molar-refractivity contribution in [2.75, 3.05) is 5.32 Å². The molecule has 5 heteroatoms. The zero-order valence-corrected chi connectivity index (χ0v) is 13.3. The van der Waals surface area contributed by atoms with Gasteiger partial charge < -0.3 is 10.1 Å². The van der Waals surface area contributed by atoms with Gasteiger partial charge in [0.25, 0.3) is 5.91 Å². The van der Waals surface area contributed by atoms with Crippen LogP contribution >= 0.6 is 0 Å². The number of rotatable bonds is 3. The number of nitrogens with one attached hydrogen (secondary N) is 2. The van der Waals surface area contributed by atoms with Crippen LogP contribution in [0, 0.1) is 0 Å². The topological polar surface area (TPSA) is 70.6 Å². The number of carbonyl (C=O) groups excluding carboxylic acids is 1. The first kappa shape index (κ1) is 15.2. The van der Waals surface area contributed by atoms with Gasteiger partial charge in [-0.25, -0.2) is 5.48 Å². The summed E-state index contributed by atoms with van der Waals surface area (Å²) in [6, 6.07) is 20.9. The van der Waals surface area contributed by atoms with E-state index in [9.17, 15) is 4.79 Å². The summed E-state index contributed by atoms with van der Waals surface area (Å²) in [5.41, 5.74) is 5.96. The molecule has 5 nitrogen and oxygen atoms in total. The van der Waals surface area contributed by atoms with Crippen LogP contribution in [0.1, 0.15) is 21.5 Å². The second kappa shape index (κ2) is 6.30. The molecule has 3 aromatic carbocycles. The number of amides is 1. The molecule has 0 spiro atoms. The van der Waals surface area contributed by atoms with Crippen molar-refractivity contribution in [2.45, 2.75) is 6.42 Å². The third-order valence-electron chi connectivity index (χ3n) is 4.16. The Balaban J connectivity index is 1.66. The molecule has 0 aromatic heterocycles. The van der Waals surface area contributed by atoms with Crippen molar-refractivity contribution >= 4 is 17.3 Å². The molecule has 4 rings (SSSR count). The number of anilines is 2. The molecule has 0 fully saturated rings. The van der Waals surface area contributed by atoms with Gasteiger partial charge in [-0.05, 0) is 47.9 Å². The van der Waals surface area contributed by atoms with E-state index >= 15 is 0 Å². The lowest BCUT2D eigenvalue weighted by Gasteiger charge is -2.24. The molecule has 0 saturated carbocycles. The molecule has 1 amide bonds. The molecule has 0 atom stereocenters. The van der Waals surface area contributed by atoms with Crippen LogP contribution in [0.15, 0.2) is 66.7 Å². The van der Waals surface area contributed by atoms with Gasteiger partial charge in [0.15, 0.2) is 11.5 Å². The van der Waals surface area contributed by atoms with Gasteiger partial charge in [-0.2, -0.15) is 0 Å². The summed E-state index contributed by atoms with van der Waals surface area (Å²) in [7, 11) is 0. The summed E-state index contributed by atoms with van der Waals surface area (Å²) in [5, 5.41) is 12.2. The quantitative estimate of drug-likeness (QED) is 0.387. The second-order valence-corrected chi connectivity index (χ2v) is 5.83. The Morgan fingerprint density at radius 3 is 2.68 bits per heavy atom. The highest BCUT2D eigenvalue weighted by atomic mass is 16.5. The molecule has 0 unspecified atom stereocenters. The molecule has 0 aliphatic carbocycles. The number of benzene rings is 3. The first-order valence-corrected chi connectivity index (χ1v) is 7.94. The van der Waals surface area contributed by atoms with Gasteiger partial charge in [-0.3, -0.25) is 10.0 Å². The molecule has 25 heavy (non-hydrogen) atoms. The number of fused-ring (bicyclic) bond motifs is 2. The lowest BCUT2D eigenvalue weighted by molar-refractivity contribution is 0.0706. The lowest BCUT2D eigenvalue weighted by Crippen LogP contribution is -2.18. The van der Waals surface area contributed by atoms with Crippen molar-refractivity contribution < 1.29 is 14.7 Å². The standard InChI is InChI=1S/C20H16N2O3/c23-20(22-24)15-7-3-5-13(12-15)11-14-6-4-10-18-19(14)21-16-8-1-2-9-17(16)25-18/h1-10,12,21,24H,11H2,(H,22,23). The minimum Gasteiger partial charge on any atom is -0.453 e. The Hall–Kier alpha value is -3.31. The van der Waals surface area contributed by atoms with Crippen LogP contribution in [0.5, 0.6) is 11.5 Å². The van der Waals surface area contributed by atoms with Crippen molar-refractivity contribution in [3.8, 4) is 11.5 Å². The monoisotopic (exact) mass is 332 g/mol. The molecule has 3 N–H and O–H groups in total. The third kappa shape index (κ3) is 2.93. The number of carbonyl (C=O) groups is 1. The molecule has 1 aliphatic rings. The zero-order valence-electron chi connectivity index (χ0n) is 13.3. The molecule has 1 heterocycles. The first-order valence-electron chi connectivity index (χ1n) is 7.94. The molecule has 0 radical (unpaired) electrons. The van der Waals surface area contributed by atoms with Crippen LogP contribution in [0.3, 0.4) is 0 Å². The highest BCUT2D eigenvalue weighted by Crippen LogP contribution is 2.43. The van der Waals surface area contributed by atoms with Gasteiger partial charge in [0.1, 0.15) is 0 Å². The molecular weight excluding hydrogens is 316 g/mol. The van der Waals surface area contributed by atoms with E-state index in [1.165, 1.54) is 0 Å². The average molecular weight is 332 g/mol. The van der Waals surface area contributed by atoms with Crippen molar-refractivity contribution in [3.05, 3.63) is 83.4 Å². The first-order chi connectivity index (χ1) is 12.2. The van der Waals surface area contributed by atoms with Crippen molar-refractivity contribution in [2.24, 2.45) is 0 Å². The largest absolute Gasteiger partial charge is 0.453 e. The molecule has 124 valence electrons. The van der Waals surface area contributed by atoms with Crippen molar-refractivity contribution in [1.29, 1.82) is 0 Å². The average Bonchev–Trinajstić information content (AvgIpc) is 2.66. The van der Waals surface area contributed by atoms with E-state index in [0.717, 1.165) is 34.0 Å². The Kier molecular flexibility index (Phi) is 3.84. The van der Waals surface area contributed by atoms with Gasteiger partial charge in [0.05, 0.1) is 11.4 Å². The summed E-state index contributed by atoms with van der Waals surface area (Å²) >= 11 is 0. The normalized spacial score (nSPS) is 11.6. The summed E-state index contributed by atoms with van der Waals surface area (Å²) in [4.78, 5) is 11.6. The fourth-order valence-corrected chi connectivity index (χ4v) is 2.97. The van der Waals surface area contributed by atoms with E-state index in [-0.39, 0.29) is 0 Å². The fourth-order valence-electron chi connectivity index (χ4n) is 2.97. The van der Waals surface area contributed by atoms with Crippen molar-refractivity contribution in [1.82, 2.24) is 5.48 Å². The number of hydrogen-bond donors (Lipinski definition) is 3. The maximum absolute atomic E-state index is 11.6. The van der Waals surface area contributed by atoms with E-state index < -0.39 is 5.91 Å². The van der Waals surface area contributed by atoms with Crippen LogP contribution in [0.2, 0.25) is 0 Å². The highest BCUT2D eigenvalue weighted by molar-refractivity contribution is 5.93. The van der Waals surface area contributed by atoms with Gasteiger partial charge in [-0.1, -0.05) is 36.4 Å². The Morgan fingerprint density at radius 2 is 1.80 bits per heavy atom. The van der Waals surface area contributed by atoms with Crippen LogP contribution in [-0.4, -0.2) is 11.1 Å². The SMILES string of the molecule is O=C(NO)c1cccc(Cc2cccc3c2Nc2ccccc2O3)c1. The Bertz CT molecular complexity index is 953. The van der Waals surface area contributed by atoms with E-state index in [4.69, 9.17) is 9.94 Å². The van der Waals surface area contributed by atoms with Crippen LogP contribution in [0.25, 0.3) is 0 Å². The van der Waals surface area contributed by atoms with E-state index in [0.29, 0.717) is 12.0 Å². The fraction of sp³-hybridized carbons (Fsp3) is 0.0500. The predicted octanol–water partition coefficient (Wildman–Crippen LogP) is 4.25. The van der Waals surface area contributed by atoms with Crippen LogP contribution in [0.4, 0.5) is 11.4 Å². The zero-order chi connectivity index (χ0) is 17.2. The second-order valence-electron chi connectivity index (χ2n) is 5.83. The minimum atomic E-state index is -0.521. The van der Waals surface area contributed by atoms with E-state index in [2.05, 4.69) is 5.32 Å². The van der Waals surface area contributed by atoms with Gasteiger partial charge in [0, 0.05) is 5.56 Å².